The van der Waals surface area contributed by atoms with Crippen LogP contribution in [-0.2, 0) is 11.3 Å². The molecule has 0 aromatic heterocycles. The molecule has 1 aromatic rings. The molecule has 2 nitrogen and oxygen atoms in total. The van der Waals surface area contributed by atoms with E-state index in [0.717, 1.165) is 11.3 Å². The van der Waals surface area contributed by atoms with Crippen LogP contribution in [0, 0.1) is 5.92 Å². The summed E-state index contributed by atoms with van der Waals surface area (Å²) in [5.74, 6) is 1.27. The second kappa shape index (κ2) is 9.17. The quantitative estimate of drug-likeness (QED) is 0.396. The van der Waals surface area contributed by atoms with E-state index < -0.39 is 0 Å². The van der Waals surface area contributed by atoms with Crippen LogP contribution < -0.4 is 4.74 Å². The Morgan fingerprint density at radius 2 is 1.95 bits per heavy atom. The first-order valence-corrected chi connectivity index (χ1v) is 6.43. The van der Waals surface area contributed by atoms with Crippen molar-refractivity contribution in [3.63, 3.8) is 0 Å². The maximum Gasteiger partial charge on any atom is 0.118 e. The Labute approximate surface area is 116 Å². The molecule has 0 aliphatic heterocycles. The SMILES string of the molecule is C=CC(C)/C=C/C=C/COCc1ccc(OC)cc1. The van der Waals surface area contributed by atoms with Crippen molar-refractivity contribution in [3.8, 4) is 5.75 Å². The summed E-state index contributed by atoms with van der Waals surface area (Å²) in [7, 11) is 1.66. The number of hydrogen-bond acceptors (Lipinski definition) is 2. The van der Waals surface area contributed by atoms with Gasteiger partial charge < -0.3 is 9.47 Å². The standard InChI is InChI=1S/C17H22O2/c1-4-15(2)8-6-5-7-13-19-14-16-9-11-17(18-3)12-10-16/h4-12,15H,1,13-14H2,2-3H3/b7-5+,8-6+. The van der Waals surface area contributed by atoms with Gasteiger partial charge in [0.2, 0.25) is 0 Å². The van der Waals surface area contributed by atoms with Gasteiger partial charge in [0.15, 0.2) is 0 Å². The predicted octanol–water partition coefficient (Wildman–Crippen LogP) is 4.15. The molecule has 1 atom stereocenters. The zero-order chi connectivity index (χ0) is 13.9. The van der Waals surface area contributed by atoms with Gasteiger partial charge in [0.05, 0.1) is 20.3 Å². The highest BCUT2D eigenvalue weighted by molar-refractivity contribution is 5.26. The molecule has 0 fully saturated rings. The maximum atomic E-state index is 5.54. The normalized spacial score (nSPS) is 12.9. The Morgan fingerprint density at radius 3 is 2.58 bits per heavy atom. The van der Waals surface area contributed by atoms with Crippen LogP contribution in [0.25, 0.3) is 0 Å². The minimum atomic E-state index is 0.407. The molecule has 102 valence electrons. The molecular formula is C17H22O2. The minimum absolute atomic E-state index is 0.407. The zero-order valence-electron chi connectivity index (χ0n) is 11.7. The van der Waals surface area contributed by atoms with Crippen molar-refractivity contribution >= 4 is 0 Å². The summed E-state index contributed by atoms with van der Waals surface area (Å²) in [6, 6.07) is 7.89. The average molecular weight is 258 g/mol. The van der Waals surface area contributed by atoms with Gasteiger partial charge in [-0.2, -0.15) is 0 Å². The van der Waals surface area contributed by atoms with Gasteiger partial charge in [0, 0.05) is 0 Å². The maximum absolute atomic E-state index is 5.54. The van der Waals surface area contributed by atoms with E-state index in [9.17, 15) is 0 Å². The summed E-state index contributed by atoms with van der Waals surface area (Å²) in [6.07, 6.45) is 10.0. The lowest BCUT2D eigenvalue weighted by molar-refractivity contribution is 0.148. The highest BCUT2D eigenvalue weighted by atomic mass is 16.5. The lowest BCUT2D eigenvalue weighted by atomic mass is 10.2. The first-order valence-electron chi connectivity index (χ1n) is 6.43. The molecule has 0 amide bonds. The predicted molar refractivity (Wildman–Crippen MR) is 80.3 cm³/mol. The number of methoxy groups -OCH3 is 1. The fraction of sp³-hybridized carbons (Fsp3) is 0.294. The van der Waals surface area contributed by atoms with Crippen LogP contribution in [-0.4, -0.2) is 13.7 Å². The van der Waals surface area contributed by atoms with Crippen LogP contribution in [0.1, 0.15) is 12.5 Å². The molecule has 0 spiro atoms. The molecular weight excluding hydrogens is 236 g/mol. The van der Waals surface area contributed by atoms with Gasteiger partial charge in [0.1, 0.15) is 5.75 Å². The lowest BCUT2D eigenvalue weighted by Gasteiger charge is -2.03. The highest BCUT2D eigenvalue weighted by Crippen LogP contribution is 2.11. The van der Waals surface area contributed by atoms with Gasteiger partial charge in [-0.15, -0.1) is 6.58 Å². The summed E-state index contributed by atoms with van der Waals surface area (Å²) in [6.45, 7) is 7.04. The molecule has 0 saturated heterocycles. The summed E-state index contributed by atoms with van der Waals surface area (Å²) in [4.78, 5) is 0. The monoisotopic (exact) mass is 258 g/mol. The molecule has 1 aromatic carbocycles. The van der Waals surface area contributed by atoms with Crippen molar-refractivity contribution in [2.45, 2.75) is 13.5 Å². The summed E-state index contributed by atoms with van der Waals surface area (Å²) in [5.41, 5.74) is 1.14. The molecule has 0 aliphatic carbocycles. The number of allylic oxidation sites excluding steroid dienone is 4. The van der Waals surface area contributed by atoms with Crippen LogP contribution in [0.3, 0.4) is 0 Å². The van der Waals surface area contributed by atoms with Gasteiger partial charge in [-0.25, -0.2) is 0 Å². The highest BCUT2D eigenvalue weighted by Gasteiger charge is 1.93. The van der Waals surface area contributed by atoms with Crippen molar-refractivity contribution in [1.29, 1.82) is 0 Å². The molecule has 1 unspecified atom stereocenters. The Hall–Kier alpha value is -1.80. The molecule has 0 aliphatic rings. The van der Waals surface area contributed by atoms with E-state index in [1.165, 1.54) is 0 Å². The lowest BCUT2D eigenvalue weighted by Crippen LogP contribution is -1.92. The molecule has 0 bridgehead atoms. The zero-order valence-corrected chi connectivity index (χ0v) is 11.7. The van der Waals surface area contributed by atoms with E-state index >= 15 is 0 Å². The number of benzene rings is 1. The average Bonchev–Trinajstić information content (AvgIpc) is 2.46. The van der Waals surface area contributed by atoms with Crippen LogP contribution in [0.15, 0.2) is 61.2 Å². The Morgan fingerprint density at radius 1 is 1.21 bits per heavy atom. The third kappa shape index (κ3) is 6.63. The van der Waals surface area contributed by atoms with E-state index in [1.807, 2.05) is 48.6 Å². The van der Waals surface area contributed by atoms with Crippen LogP contribution >= 0.6 is 0 Å². The summed E-state index contributed by atoms with van der Waals surface area (Å²) >= 11 is 0. The Kier molecular flexibility index (Phi) is 7.37. The van der Waals surface area contributed by atoms with Gasteiger partial charge in [-0.05, 0) is 23.6 Å². The van der Waals surface area contributed by atoms with Crippen molar-refractivity contribution in [2.24, 2.45) is 5.92 Å². The molecule has 19 heavy (non-hydrogen) atoms. The molecule has 2 heteroatoms. The van der Waals surface area contributed by atoms with Gasteiger partial charge in [0.25, 0.3) is 0 Å². The molecule has 0 radical (unpaired) electrons. The topological polar surface area (TPSA) is 18.5 Å². The van der Waals surface area contributed by atoms with Crippen molar-refractivity contribution < 1.29 is 9.47 Å². The summed E-state index contributed by atoms with van der Waals surface area (Å²) in [5, 5.41) is 0. The molecule has 0 heterocycles. The molecule has 0 N–H and O–H groups in total. The number of ether oxygens (including phenoxy) is 2. The van der Waals surface area contributed by atoms with E-state index in [-0.39, 0.29) is 0 Å². The summed E-state index contributed by atoms with van der Waals surface area (Å²) < 4.78 is 10.6. The van der Waals surface area contributed by atoms with Crippen LogP contribution in [0.5, 0.6) is 5.75 Å². The molecule has 0 saturated carbocycles. The van der Waals surface area contributed by atoms with Crippen molar-refractivity contribution in [3.05, 3.63) is 66.8 Å². The largest absolute Gasteiger partial charge is 0.497 e. The second-order valence-corrected chi connectivity index (χ2v) is 4.27. The van der Waals surface area contributed by atoms with Gasteiger partial charge >= 0.3 is 0 Å². The Bertz CT molecular complexity index is 415. The third-order valence-corrected chi connectivity index (χ3v) is 2.68. The van der Waals surface area contributed by atoms with E-state index in [2.05, 4.69) is 19.6 Å². The minimum Gasteiger partial charge on any atom is -0.497 e. The number of rotatable bonds is 8. The van der Waals surface area contributed by atoms with Crippen LogP contribution in [0.4, 0.5) is 0 Å². The second-order valence-electron chi connectivity index (χ2n) is 4.27. The van der Waals surface area contributed by atoms with E-state index in [4.69, 9.17) is 9.47 Å². The van der Waals surface area contributed by atoms with Crippen molar-refractivity contribution in [2.75, 3.05) is 13.7 Å². The van der Waals surface area contributed by atoms with Gasteiger partial charge in [-0.1, -0.05) is 49.4 Å². The Balaban J connectivity index is 2.21. The first-order chi connectivity index (χ1) is 9.26. The first kappa shape index (κ1) is 15.3. The van der Waals surface area contributed by atoms with Gasteiger partial charge in [-0.3, -0.25) is 0 Å². The molecule has 1 rings (SSSR count). The fourth-order valence-corrected chi connectivity index (χ4v) is 1.42. The van der Waals surface area contributed by atoms with E-state index in [0.29, 0.717) is 19.1 Å². The van der Waals surface area contributed by atoms with Crippen molar-refractivity contribution in [1.82, 2.24) is 0 Å². The van der Waals surface area contributed by atoms with E-state index in [1.54, 1.807) is 7.11 Å². The fourth-order valence-electron chi connectivity index (χ4n) is 1.42. The third-order valence-electron chi connectivity index (χ3n) is 2.68. The number of hydrogen-bond donors (Lipinski definition) is 0. The van der Waals surface area contributed by atoms with Crippen LogP contribution in [0.2, 0.25) is 0 Å². The smallest absolute Gasteiger partial charge is 0.118 e.